The standard InChI is InChI=1S/C29H35NO/c1-2-27(26-14-8-4-9-15-26)28(22-24-12-6-3-7-13-24)29(18-10-5-11-19-29)31-21-17-25-16-20-30-23-25/h3-15,18,25,30H,2,16-17,19-23H2,1H3. The topological polar surface area (TPSA) is 21.3 Å². The second-order valence-corrected chi connectivity index (χ2v) is 8.72. The maximum atomic E-state index is 6.85. The van der Waals surface area contributed by atoms with Crippen LogP contribution in [0.3, 0.4) is 0 Å². The maximum absolute atomic E-state index is 6.85. The number of benzene rings is 2. The number of rotatable bonds is 9. The number of nitrogens with one attached hydrogen (secondary N) is 1. The molecule has 162 valence electrons. The quantitative estimate of drug-likeness (QED) is 0.516. The molecular formula is C29H35NO. The zero-order valence-corrected chi connectivity index (χ0v) is 18.7. The van der Waals surface area contributed by atoms with Crippen molar-refractivity contribution in [2.75, 3.05) is 19.7 Å². The van der Waals surface area contributed by atoms with Crippen LogP contribution in [0.1, 0.15) is 43.7 Å². The van der Waals surface area contributed by atoms with Crippen LogP contribution in [0.25, 0.3) is 5.57 Å². The van der Waals surface area contributed by atoms with Crippen LogP contribution in [0.2, 0.25) is 0 Å². The molecule has 1 saturated heterocycles. The summed E-state index contributed by atoms with van der Waals surface area (Å²) in [5.41, 5.74) is 5.08. The van der Waals surface area contributed by atoms with E-state index in [1.807, 2.05) is 0 Å². The van der Waals surface area contributed by atoms with Gasteiger partial charge in [-0.1, -0.05) is 85.8 Å². The summed E-state index contributed by atoms with van der Waals surface area (Å²) in [5, 5.41) is 3.48. The lowest BCUT2D eigenvalue weighted by Crippen LogP contribution is -2.36. The summed E-state index contributed by atoms with van der Waals surface area (Å²) in [6.45, 7) is 5.34. The Morgan fingerprint density at radius 3 is 2.45 bits per heavy atom. The minimum Gasteiger partial charge on any atom is -0.366 e. The Morgan fingerprint density at radius 1 is 1.03 bits per heavy atom. The second kappa shape index (κ2) is 10.7. The van der Waals surface area contributed by atoms with Gasteiger partial charge in [0.25, 0.3) is 0 Å². The van der Waals surface area contributed by atoms with Gasteiger partial charge >= 0.3 is 0 Å². The summed E-state index contributed by atoms with van der Waals surface area (Å²) in [6, 6.07) is 21.7. The second-order valence-electron chi connectivity index (χ2n) is 8.72. The Hall–Kier alpha value is -2.42. The van der Waals surface area contributed by atoms with E-state index >= 15 is 0 Å². The van der Waals surface area contributed by atoms with Crippen molar-refractivity contribution in [3.8, 4) is 0 Å². The molecule has 0 saturated carbocycles. The first-order chi connectivity index (χ1) is 15.3. The summed E-state index contributed by atoms with van der Waals surface area (Å²) in [4.78, 5) is 0. The van der Waals surface area contributed by atoms with Crippen LogP contribution in [-0.4, -0.2) is 25.3 Å². The van der Waals surface area contributed by atoms with Crippen molar-refractivity contribution in [2.24, 2.45) is 5.92 Å². The highest BCUT2D eigenvalue weighted by molar-refractivity contribution is 5.71. The van der Waals surface area contributed by atoms with Gasteiger partial charge < -0.3 is 10.1 Å². The zero-order valence-electron chi connectivity index (χ0n) is 18.7. The van der Waals surface area contributed by atoms with Crippen molar-refractivity contribution in [3.05, 3.63) is 102 Å². The summed E-state index contributed by atoms with van der Waals surface area (Å²) >= 11 is 0. The van der Waals surface area contributed by atoms with Crippen molar-refractivity contribution in [1.82, 2.24) is 5.32 Å². The molecule has 1 N–H and O–H groups in total. The molecule has 2 atom stereocenters. The Bertz CT molecular complexity index is 906. The third-order valence-electron chi connectivity index (χ3n) is 6.66. The molecule has 2 aliphatic rings. The fourth-order valence-corrected chi connectivity index (χ4v) is 4.93. The molecule has 2 nitrogen and oxygen atoms in total. The van der Waals surface area contributed by atoms with Crippen molar-refractivity contribution < 1.29 is 4.74 Å². The van der Waals surface area contributed by atoms with E-state index in [0.29, 0.717) is 0 Å². The average molecular weight is 414 g/mol. The van der Waals surface area contributed by atoms with E-state index < -0.39 is 0 Å². The number of ether oxygens (including phenoxy) is 1. The van der Waals surface area contributed by atoms with Gasteiger partial charge in [0, 0.05) is 13.0 Å². The molecule has 0 amide bonds. The molecule has 1 aliphatic heterocycles. The first kappa shape index (κ1) is 21.8. The van der Waals surface area contributed by atoms with Crippen LogP contribution in [0.4, 0.5) is 0 Å². The third-order valence-corrected chi connectivity index (χ3v) is 6.66. The molecule has 0 aromatic heterocycles. The fraction of sp³-hybridized carbons (Fsp3) is 0.379. The van der Waals surface area contributed by atoms with Gasteiger partial charge in [0.15, 0.2) is 0 Å². The number of allylic oxidation sites excluding steroid dienone is 3. The zero-order chi connectivity index (χ0) is 21.4. The van der Waals surface area contributed by atoms with Crippen molar-refractivity contribution in [2.45, 2.75) is 44.6 Å². The van der Waals surface area contributed by atoms with Crippen LogP contribution in [0.15, 0.2) is 90.5 Å². The van der Waals surface area contributed by atoms with Crippen LogP contribution in [-0.2, 0) is 11.2 Å². The SMILES string of the molecule is CCC(=C(Cc1ccccc1)C1(OCCC2CCNC2)C=CC=CC1)c1ccccc1. The van der Waals surface area contributed by atoms with Gasteiger partial charge in [-0.15, -0.1) is 0 Å². The van der Waals surface area contributed by atoms with E-state index in [4.69, 9.17) is 4.74 Å². The van der Waals surface area contributed by atoms with Gasteiger partial charge in [-0.05, 0) is 73.0 Å². The summed E-state index contributed by atoms with van der Waals surface area (Å²) < 4.78 is 6.85. The normalized spacial score (nSPS) is 23.7. The largest absolute Gasteiger partial charge is 0.366 e. The average Bonchev–Trinajstić information content (AvgIpc) is 3.34. The number of hydrogen-bond donors (Lipinski definition) is 1. The molecule has 2 aromatic rings. The Balaban J connectivity index is 1.71. The molecule has 1 aliphatic carbocycles. The summed E-state index contributed by atoms with van der Waals surface area (Å²) in [7, 11) is 0. The van der Waals surface area contributed by atoms with Gasteiger partial charge in [-0.25, -0.2) is 0 Å². The van der Waals surface area contributed by atoms with Gasteiger partial charge in [0.05, 0.1) is 0 Å². The highest BCUT2D eigenvalue weighted by Crippen LogP contribution is 2.39. The van der Waals surface area contributed by atoms with Crippen LogP contribution < -0.4 is 5.32 Å². The predicted molar refractivity (Wildman–Crippen MR) is 131 cm³/mol. The molecule has 0 bridgehead atoms. The highest BCUT2D eigenvalue weighted by Gasteiger charge is 2.35. The fourth-order valence-electron chi connectivity index (χ4n) is 4.93. The summed E-state index contributed by atoms with van der Waals surface area (Å²) in [6.07, 6.45) is 14.1. The first-order valence-corrected chi connectivity index (χ1v) is 11.8. The van der Waals surface area contributed by atoms with Crippen molar-refractivity contribution in [1.29, 1.82) is 0 Å². The molecule has 0 spiro atoms. The van der Waals surface area contributed by atoms with E-state index in [1.165, 1.54) is 28.7 Å². The van der Waals surface area contributed by atoms with Crippen LogP contribution in [0.5, 0.6) is 0 Å². The Labute approximate surface area is 187 Å². The molecule has 2 aromatic carbocycles. The highest BCUT2D eigenvalue weighted by atomic mass is 16.5. The molecule has 0 radical (unpaired) electrons. The minimum absolute atomic E-state index is 0.377. The van der Waals surface area contributed by atoms with E-state index in [9.17, 15) is 0 Å². The monoisotopic (exact) mass is 413 g/mol. The van der Waals surface area contributed by atoms with Gasteiger partial charge in [0.2, 0.25) is 0 Å². The molecule has 2 unspecified atom stereocenters. The Kier molecular flexibility index (Phi) is 7.56. The number of hydrogen-bond acceptors (Lipinski definition) is 2. The molecule has 1 heterocycles. The lowest BCUT2D eigenvalue weighted by atomic mass is 9.78. The Morgan fingerprint density at radius 2 is 1.81 bits per heavy atom. The van der Waals surface area contributed by atoms with Crippen LogP contribution in [0, 0.1) is 5.92 Å². The minimum atomic E-state index is -0.377. The van der Waals surface area contributed by atoms with Gasteiger partial charge in [-0.2, -0.15) is 0 Å². The predicted octanol–water partition coefficient (Wildman–Crippen LogP) is 6.36. The summed E-state index contributed by atoms with van der Waals surface area (Å²) in [5.74, 6) is 0.737. The van der Waals surface area contributed by atoms with E-state index in [0.717, 1.165) is 51.3 Å². The molecule has 2 heteroatoms. The van der Waals surface area contributed by atoms with Crippen LogP contribution >= 0.6 is 0 Å². The third kappa shape index (κ3) is 5.44. The molecule has 4 rings (SSSR count). The van der Waals surface area contributed by atoms with Crippen molar-refractivity contribution in [3.63, 3.8) is 0 Å². The van der Waals surface area contributed by atoms with Gasteiger partial charge in [0.1, 0.15) is 5.60 Å². The molecule has 31 heavy (non-hydrogen) atoms. The maximum Gasteiger partial charge on any atom is 0.112 e. The lowest BCUT2D eigenvalue weighted by molar-refractivity contribution is 0.0126. The molecule has 1 fully saturated rings. The van der Waals surface area contributed by atoms with E-state index in [1.54, 1.807) is 0 Å². The van der Waals surface area contributed by atoms with Gasteiger partial charge in [-0.3, -0.25) is 0 Å². The van der Waals surface area contributed by atoms with E-state index in [2.05, 4.69) is 97.2 Å². The van der Waals surface area contributed by atoms with E-state index in [-0.39, 0.29) is 5.60 Å². The molecular weight excluding hydrogens is 378 g/mol. The van der Waals surface area contributed by atoms with Crippen molar-refractivity contribution >= 4 is 5.57 Å². The lowest BCUT2D eigenvalue weighted by Gasteiger charge is -2.37. The first-order valence-electron chi connectivity index (χ1n) is 11.8. The smallest absolute Gasteiger partial charge is 0.112 e.